The Morgan fingerprint density at radius 2 is 1.96 bits per heavy atom. The van der Waals surface area contributed by atoms with Crippen molar-refractivity contribution in [3.63, 3.8) is 0 Å². The molecular formula is C19H26N4O. The summed E-state index contributed by atoms with van der Waals surface area (Å²) in [5.41, 5.74) is 2.54. The lowest BCUT2D eigenvalue weighted by Gasteiger charge is -2.29. The molecule has 1 atom stereocenters. The van der Waals surface area contributed by atoms with E-state index in [-0.39, 0.29) is 12.1 Å². The molecule has 24 heavy (non-hydrogen) atoms. The Bertz CT molecular complexity index is 697. The second kappa shape index (κ2) is 7.60. The van der Waals surface area contributed by atoms with Gasteiger partial charge in [0.1, 0.15) is 0 Å². The van der Waals surface area contributed by atoms with Crippen LogP contribution in [0.3, 0.4) is 0 Å². The Kier molecular flexibility index (Phi) is 5.28. The van der Waals surface area contributed by atoms with Crippen LogP contribution in [0.2, 0.25) is 0 Å². The zero-order valence-electron chi connectivity index (χ0n) is 14.5. The van der Waals surface area contributed by atoms with Gasteiger partial charge in [0.15, 0.2) is 0 Å². The molecule has 1 aliphatic carbocycles. The van der Waals surface area contributed by atoms with E-state index in [1.807, 2.05) is 24.3 Å². The molecule has 0 bridgehead atoms. The van der Waals surface area contributed by atoms with Gasteiger partial charge >= 0.3 is 6.03 Å². The van der Waals surface area contributed by atoms with Gasteiger partial charge in [-0.25, -0.2) is 9.78 Å². The van der Waals surface area contributed by atoms with Crippen molar-refractivity contribution in [2.24, 2.45) is 5.92 Å². The molecule has 0 aliphatic heterocycles. The van der Waals surface area contributed by atoms with Crippen molar-refractivity contribution in [2.45, 2.75) is 51.6 Å². The number of hydrogen-bond acceptors (Lipinski definition) is 3. The predicted octanol–water partition coefficient (Wildman–Crippen LogP) is 3.74. The van der Waals surface area contributed by atoms with Crippen molar-refractivity contribution >= 4 is 17.1 Å². The molecule has 1 heterocycles. The molecule has 128 valence electrons. The number of urea groups is 1. The second-order valence-corrected chi connectivity index (χ2v) is 6.84. The number of hydrogen-bond donors (Lipinski definition) is 1. The standard InChI is InChI=1S/C19H26N4O/c1-14(15-8-4-3-5-9-15)21-19(24)23(2)13-16-12-20-17-10-6-7-11-18(17)22-16/h6-7,10-12,14-15H,3-5,8-9,13H2,1-2H3,(H,21,24)/t14-/m1/s1. The summed E-state index contributed by atoms with van der Waals surface area (Å²) >= 11 is 0. The maximum absolute atomic E-state index is 12.4. The highest BCUT2D eigenvalue weighted by molar-refractivity contribution is 5.75. The van der Waals surface area contributed by atoms with Crippen LogP contribution in [-0.4, -0.2) is 34.0 Å². The third-order valence-electron chi connectivity index (χ3n) is 4.95. The third kappa shape index (κ3) is 4.02. The number of nitrogens with zero attached hydrogens (tertiary/aromatic N) is 3. The van der Waals surface area contributed by atoms with Gasteiger partial charge in [0.2, 0.25) is 0 Å². The fourth-order valence-electron chi connectivity index (χ4n) is 3.44. The van der Waals surface area contributed by atoms with Crippen LogP contribution in [0.1, 0.15) is 44.7 Å². The van der Waals surface area contributed by atoms with Crippen molar-refractivity contribution in [1.29, 1.82) is 0 Å². The molecule has 1 N–H and O–H groups in total. The van der Waals surface area contributed by atoms with Gasteiger partial charge in [-0.1, -0.05) is 31.4 Å². The minimum atomic E-state index is -0.0389. The number of benzene rings is 1. The van der Waals surface area contributed by atoms with E-state index in [9.17, 15) is 4.79 Å². The van der Waals surface area contributed by atoms with Crippen molar-refractivity contribution in [2.75, 3.05) is 7.05 Å². The first-order chi connectivity index (χ1) is 11.6. The van der Waals surface area contributed by atoms with Crippen molar-refractivity contribution in [3.8, 4) is 0 Å². The van der Waals surface area contributed by atoms with E-state index in [1.54, 1.807) is 18.1 Å². The largest absolute Gasteiger partial charge is 0.335 e. The van der Waals surface area contributed by atoms with Gasteiger partial charge in [-0.3, -0.25) is 4.98 Å². The summed E-state index contributed by atoms with van der Waals surface area (Å²) in [6.45, 7) is 2.58. The minimum absolute atomic E-state index is 0.0389. The Balaban J connectivity index is 1.58. The summed E-state index contributed by atoms with van der Waals surface area (Å²) in [7, 11) is 1.81. The van der Waals surface area contributed by atoms with E-state index < -0.39 is 0 Å². The van der Waals surface area contributed by atoms with Gasteiger partial charge < -0.3 is 10.2 Å². The molecule has 5 heteroatoms. The summed E-state index contributed by atoms with van der Waals surface area (Å²) in [4.78, 5) is 23.1. The van der Waals surface area contributed by atoms with Crippen LogP contribution in [-0.2, 0) is 6.54 Å². The molecule has 0 radical (unpaired) electrons. The van der Waals surface area contributed by atoms with Crippen LogP contribution >= 0.6 is 0 Å². The minimum Gasteiger partial charge on any atom is -0.335 e. The van der Waals surface area contributed by atoms with Gasteiger partial charge in [0.25, 0.3) is 0 Å². The summed E-state index contributed by atoms with van der Waals surface area (Å²) in [6, 6.07) is 7.96. The lowest BCUT2D eigenvalue weighted by molar-refractivity contribution is 0.193. The Labute approximate surface area is 143 Å². The zero-order chi connectivity index (χ0) is 16.9. The number of nitrogens with one attached hydrogen (secondary N) is 1. The molecule has 1 fully saturated rings. The predicted molar refractivity (Wildman–Crippen MR) is 95.6 cm³/mol. The van der Waals surface area contributed by atoms with Gasteiger partial charge in [-0.15, -0.1) is 0 Å². The van der Waals surface area contributed by atoms with Crippen LogP contribution in [0.5, 0.6) is 0 Å². The summed E-state index contributed by atoms with van der Waals surface area (Å²) in [5, 5.41) is 3.15. The van der Waals surface area contributed by atoms with Gasteiger partial charge in [-0.2, -0.15) is 0 Å². The lowest BCUT2D eigenvalue weighted by atomic mass is 9.84. The molecule has 0 saturated heterocycles. The van der Waals surface area contributed by atoms with Crippen LogP contribution in [0.15, 0.2) is 30.5 Å². The normalized spacial score (nSPS) is 16.8. The number of aromatic nitrogens is 2. The fraction of sp³-hybridized carbons (Fsp3) is 0.526. The number of amides is 2. The molecule has 1 saturated carbocycles. The average Bonchev–Trinajstić information content (AvgIpc) is 2.62. The van der Waals surface area contributed by atoms with Crippen LogP contribution in [0.25, 0.3) is 11.0 Å². The third-order valence-corrected chi connectivity index (χ3v) is 4.95. The number of carbonyl (C=O) groups is 1. The molecule has 2 aromatic rings. The van der Waals surface area contributed by atoms with E-state index in [1.165, 1.54) is 32.1 Å². The van der Waals surface area contributed by atoms with Crippen molar-refractivity contribution in [3.05, 3.63) is 36.2 Å². The van der Waals surface area contributed by atoms with E-state index in [0.29, 0.717) is 12.5 Å². The first-order valence-electron chi connectivity index (χ1n) is 8.86. The molecular weight excluding hydrogens is 300 g/mol. The summed E-state index contributed by atoms with van der Waals surface area (Å²) in [5.74, 6) is 0.608. The molecule has 0 spiro atoms. The van der Waals surface area contributed by atoms with Crippen LogP contribution in [0, 0.1) is 5.92 Å². The summed E-state index contributed by atoms with van der Waals surface area (Å²) in [6.07, 6.45) is 8.10. The monoisotopic (exact) mass is 326 g/mol. The number of rotatable bonds is 4. The van der Waals surface area contributed by atoms with Crippen molar-refractivity contribution in [1.82, 2.24) is 20.2 Å². The highest BCUT2D eigenvalue weighted by Crippen LogP contribution is 2.26. The lowest BCUT2D eigenvalue weighted by Crippen LogP contribution is -2.45. The van der Waals surface area contributed by atoms with Crippen LogP contribution in [0.4, 0.5) is 4.79 Å². The summed E-state index contributed by atoms with van der Waals surface area (Å²) < 4.78 is 0. The first kappa shape index (κ1) is 16.7. The van der Waals surface area contributed by atoms with E-state index >= 15 is 0 Å². The Morgan fingerprint density at radius 3 is 2.71 bits per heavy atom. The number of carbonyl (C=O) groups excluding carboxylic acids is 1. The maximum atomic E-state index is 12.4. The molecule has 3 rings (SSSR count). The van der Waals surface area contributed by atoms with E-state index in [4.69, 9.17) is 0 Å². The van der Waals surface area contributed by atoms with E-state index in [0.717, 1.165) is 16.7 Å². The number of fused-ring (bicyclic) bond motifs is 1. The molecule has 0 unspecified atom stereocenters. The second-order valence-electron chi connectivity index (χ2n) is 6.84. The SMILES string of the molecule is C[C@@H](NC(=O)N(C)Cc1cnc2ccccc2n1)C1CCCCC1. The first-order valence-corrected chi connectivity index (χ1v) is 8.86. The highest BCUT2D eigenvalue weighted by Gasteiger charge is 2.22. The highest BCUT2D eigenvalue weighted by atomic mass is 16.2. The molecule has 1 aliphatic rings. The molecule has 1 aromatic heterocycles. The zero-order valence-corrected chi connectivity index (χ0v) is 14.5. The topological polar surface area (TPSA) is 58.1 Å². The molecule has 5 nitrogen and oxygen atoms in total. The quantitative estimate of drug-likeness (QED) is 0.931. The molecule has 2 amide bonds. The Morgan fingerprint density at radius 1 is 1.25 bits per heavy atom. The average molecular weight is 326 g/mol. The Hall–Kier alpha value is -2.17. The van der Waals surface area contributed by atoms with Gasteiger partial charge in [0.05, 0.1) is 29.5 Å². The van der Waals surface area contributed by atoms with Gasteiger partial charge in [-0.05, 0) is 37.8 Å². The van der Waals surface area contributed by atoms with Gasteiger partial charge in [0, 0.05) is 13.1 Å². The maximum Gasteiger partial charge on any atom is 0.317 e. The number of para-hydroxylation sites is 2. The van der Waals surface area contributed by atoms with E-state index in [2.05, 4.69) is 22.2 Å². The van der Waals surface area contributed by atoms with Crippen LogP contribution < -0.4 is 5.32 Å². The van der Waals surface area contributed by atoms with Crippen molar-refractivity contribution < 1.29 is 4.79 Å². The fourth-order valence-corrected chi connectivity index (χ4v) is 3.44. The molecule has 1 aromatic carbocycles. The smallest absolute Gasteiger partial charge is 0.317 e.